The molecule has 10 heteroatoms. The summed E-state index contributed by atoms with van der Waals surface area (Å²) in [4.78, 5) is 41.2. The molecule has 8 nitrogen and oxygen atoms in total. The van der Waals surface area contributed by atoms with E-state index in [4.69, 9.17) is 16.3 Å². The Morgan fingerprint density at radius 2 is 2.09 bits per heavy atom. The highest BCUT2D eigenvalue weighted by molar-refractivity contribution is 6.31. The summed E-state index contributed by atoms with van der Waals surface area (Å²) in [6.07, 6.45) is 1.37. The van der Waals surface area contributed by atoms with Crippen LogP contribution in [0.5, 0.6) is 0 Å². The number of hydrogen-bond acceptors (Lipinski definition) is 5. The minimum Gasteiger partial charge on any atom is -0.466 e. The summed E-state index contributed by atoms with van der Waals surface area (Å²) in [6, 6.07) is 5.86. The minimum absolute atomic E-state index is 0.0339. The van der Waals surface area contributed by atoms with E-state index in [1.54, 1.807) is 17.9 Å². The minimum atomic E-state index is -0.471. The summed E-state index contributed by atoms with van der Waals surface area (Å²) >= 11 is 6.10. The molecule has 1 atom stereocenters. The fourth-order valence-electron chi connectivity index (χ4n) is 4.14. The Kier molecular flexibility index (Phi) is 6.45. The Hall–Kier alpha value is -2.94. The van der Waals surface area contributed by atoms with Gasteiger partial charge in [0.2, 0.25) is 0 Å². The van der Waals surface area contributed by atoms with Crippen LogP contribution < -0.4 is 0 Å². The number of amides is 2. The summed E-state index contributed by atoms with van der Waals surface area (Å²) in [5.41, 5.74) is 0.680. The van der Waals surface area contributed by atoms with Crippen LogP contribution in [0.3, 0.4) is 0 Å². The summed E-state index contributed by atoms with van der Waals surface area (Å²) in [5.74, 6) is -1.79. The van der Waals surface area contributed by atoms with Crippen molar-refractivity contribution in [3.05, 3.63) is 52.1 Å². The maximum absolute atomic E-state index is 14.2. The third-order valence-corrected chi connectivity index (χ3v) is 6.18. The first-order valence-electron chi connectivity index (χ1n) is 10.6. The van der Waals surface area contributed by atoms with E-state index >= 15 is 0 Å². The number of aromatic nitrogens is 2. The van der Waals surface area contributed by atoms with Gasteiger partial charge >= 0.3 is 5.97 Å². The number of rotatable bonds is 5. The number of likely N-dealkylation sites (tertiary alicyclic amines) is 1. The molecule has 4 rings (SSSR count). The van der Waals surface area contributed by atoms with Gasteiger partial charge in [0.25, 0.3) is 11.8 Å². The van der Waals surface area contributed by atoms with Crippen molar-refractivity contribution in [1.82, 2.24) is 19.6 Å². The van der Waals surface area contributed by atoms with E-state index < -0.39 is 5.82 Å². The highest BCUT2D eigenvalue weighted by Crippen LogP contribution is 2.24. The molecule has 0 radical (unpaired) electrons. The number of piperidine rings is 1. The predicted octanol–water partition coefficient (Wildman–Crippen LogP) is 2.75. The van der Waals surface area contributed by atoms with Gasteiger partial charge in [-0.1, -0.05) is 17.7 Å². The van der Waals surface area contributed by atoms with E-state index in [2.05, 4.69) is 5.10 Å². The maximum atomic E-state index is 14.2. The van der Waals surface area contributed by atoms with Crippen LogP contribution in [0.1, 0.15) is 46.3 Å². The van der Waals surface area contributed by atoms with Gasteiger partial charge in [-0.25, -0.2) is 4.39 Å². The summed E-state index contributed by atoms with van der Waals surface area (Å²) in [7, 11) is 0. The number of ether oxygens (including phenoxy) is 1. The molecule has 1 aromatic heterocycles. The van der Waals surface area contributed by atoms with Crippen molar-refractivity contribution in [2.75, 3.05) is 26.2 Å². The largest absolute Gasteiger partial charge is 0.466 e. The molecule has 1 aromatic carbocycles. The SMILES string of the molecule is CCOC(=O)[C@@H]1CCCN(C(=O)c2cc3n(n2)CCN(Cc2c(F)cccc2Cl)C3=O)C1. The Morgan fingerprint density at radius 3 is 2.84 bits per heavy atom. The van der Waals surface area contributed by atoms with Crippen LogP contribution in [-0.4, -0.2) is 63.6 Å². The standard InChI is InChI=1S/C22H24ClFN4O4/c1-2-32-22(31)14-5-4-8-26(12-14)20(29)18-11-19-21(30)27(9-10-28(19)25-18)13-15-16(23)6-3-7-17(15)24/h3,6-7,11,14H,2,4-5,8-10,12-13H2,1H3/t14-/m1/s1. The lowest BCUT2D eigenvalue weighted by atomic mass is 9.98. The van der Waals surface area contributed by atoms with E-state index in [0.29, 0.717) is 39.1 Å². The van der Waals surface area contributed by atoms with Crippen molar-refractivity contribution in [3.8, 4) is 0 Å². The number of nitrogens with zero attached hydrogens (tertiary/aromatic N) is 4. The average Bonchev–Trinajstić information content (AvgIpc) is 3.23. The van der Waals surface area contributed by atoms with Gasteiger partial charge in [0.05, 0.1) is 25.6 Å². The zero-order valence-electron chi connectivity index (χ0n) is 17.7. The molecule has 0 bridgehead atoms. The van der Waals surface area contributed by atoms with E-state index in [1.165, 1.54) is 27.8 Å². The van der Waals surface area contributed by atoms with E-state index in [-0.39, 0.29) is 58.8 Å². The van der Waals surface area contributed by atoms with E-state index in [0.717, 1.165) is 0 Å². The molecule has 2 amide bonds. The van der Waals surface area contributed by atoms with Crippen LogP contribution in [-0.2, 0) is 22.6 Å². The third-order valence-electron chi connectivity index (χ3n) is 5.83. The fourth-order valence-corrected chi connectivity index (χ4v) is 4.37. The zero-order valence-corrected chi connectivity index (χ0v) is 18.5. The smallest absolute Gasteiger partial charge is 0.310 e. The maximum Gasteiger partial charge on any atom is 0.310 e. The van der Waals surface area contributed by atoms with E-state index in [1.807, 2.05) is 0 Å². The molecule has 0 N–H and O–H groups in total. The first kappa shape index (κ1) is 22.3. The Balaban J connectivity index is 1.48. The highest BCUT2D eigenvalue weighted by Gasteiger charge is 2.33. The predicted molar refractivity (Wildman–Crippen MR) is 114 cm³/mol. The summed E-state index contributed by atoms with van der Waals surface area (Å²) in [6.45, 7) is 3.57. The molecule has 0 aliphatic carbocycles. The number of fused-ring (bicyclic) bond motifs is 1. The molecule has 2 aliphatic heterocycles. The number of benzene rings is 1. The first-order chi connectivity index (χ1) is 15.4. The Labute approximate surface area is 189 Å². The topological polar surface area (TPSA) is 84.7 Å². The number of halogens is 2. The van der Waals surface area contributed by atoms with Crippen LogP contribution >= 0.6 is 11.6 Å². The Morgan fingerprint density at radius 1 is 1.28 bits per heavy atom. The molecule has 2 aliphatic rings. The molecule has 32 heavy (non-hydrogen) atoms. The van der Waals surface area contributed by atoms with Gasteiger partial charge in [0.15, 0.2) is 5.69 Å². The number of carbonyl (C=O) groups is 3. The van der Waals surface area contributed by atoms with Gasteiger partial charge in [-0.05, 0) is 31.9 Å². The number of esters is 1. The molecule has 0 spiro atoms. The normalized spacial score (nSPS) is 18.5. The molecule has 1 fully saturated rings. The van der Waals surface area contributed by atoms with Crippen LogP contribution in [0.2, 0.25) is 5.02 Å². The van der Waals surface area contributed by atoms with Crippen molar-refractivity contribution in [3.63, 3.8) is 0 Å². The fraction of sp³-hybridized carbons (Fsp3) is 0.455. The van der Waals surface area contributed by atoms with Crippen LogP contribution in [0.15, 0.2) is 24.3 Å². The lowest BCUT2D eigenvalue weighted by molar-refractivity contribution is -0.149. The van der Waals surface area contributed by atoms with Gasteiger partial charge in [-0.2, -0.15) is 5.10 Å². The van der Waals surface area contributed by atoms with Crippen molar-refractivity contribution < 1.29 is 23.5 Å². The lowest BCUT2D eigenvalue weighted by Crippen LogP contribution is -2.43. The van der Waals surface area contributed by atoms with Gasteiger partial charge in [-0.3, -0.25) is 19.1 Å². The summed E-state index contributed by atoms with van der Waals surface area (Å²) in [5, 5.41) is 4.58. The van der Waals surface area contributed by atoms with Crippen molar-refractivity contribution in [2.45, 2.75) is 32.9 Å². The highest BCUT2D eigenvalue weighted by atomic mass is 35.5. The first-order valence-corrected chi connectivity index (χ1v) is 11.0. The van der Waals surface area contributed by atoms with Crippen LogP contribution in [0.4, 0.5) is 4.39 Å². The second kappa shape index (κ2) is 9.28. The third kappa shape index (κ3) is 4.34. The summed E-state index contributed by atoms with van der Waals surface area (Å²) < 4.78 is 20.7. The lowest BCUT2D eigenvalue weighted by Gasteiger charge is -2.31. The quantitative estimate of drug-likeness (QED) is 0.638. The van der Waals surface area contributed by atoms with Gasteiger partial charge in [0.1, 0.15) is 11.5 Å². The molecule has 170 valence electrons. The second-order valence-electron chi connectivity index (χ2n) is 7.91. The van der Waals surface area contributed by atoms with Gasteiger partial charge in [-0.15, -0.1) is 0 Å². The molecule has 2 aromatic rings. The second-order valence-corrected chi connectivity index (χ2v) is 8.31. The van der Waals surface area contributed by atoms with Crippen LogP contribution in [0, 0.1) is 11.7 Å². The Bertz CT molecular complexity index is 1040. The van der Waals surface area contributed by atoms with Crippen LogP contribution in [0.25, 0.3) is 0 Å². The zero-order chi connectivity index (χ0) is 22.8. The average molecular weight is 463 g/mol. The molecular weight excluding hydrogens is 439 g/mol. The number of hydrogen-bond donors (Lipinski definition) is 0. The molecule has 3 heterocycles. The molecular formula is C22H24ClFN4O4. The monoisotopic (exact) mass is 462 g/mol. The molecule has 0 unspecified atom stereocenters. The molecule has 0 saturated carbocycles. The van der Waals surface area contributed by atoms with Gasteiger partial charge < -0.3 is 14.5 Å². The van der Waals surface area contributed by atoms with E-state index in [9.17, 15) is 18.8 Å². The van der Waals surface area contributed by atoms with Crippen molar-refractivity contribution in [2.24, 2.45) is 5.92 Å². The van der Waals surface area contributed by atoms with Crippen molar-refractivity contribution in [1.29, 1.82) is 0 Å². The van der Waals surface area contributed by atoms with Crippen molar-refractivity contribution >= 4 is 29.4 Å². The molecule has 1 saturated heterocycles. The van der Waals surface area contributed by atoms with Gasteiger partial charge in [0, 0.05) is 36.3 Å². The number of carbonyl (C=O) groups excluding carboxylic acids is 3.